The van der Waals surface area contributed by atoms with E-state index >= 15 is 0 Å². The predicted molar refractivity (Wildman–Crippen MR) is 60.4 cm³/mol. The SMILES string of the molecule is CS(=O)(=O)C1CSCCN1C(=O)C1CC1. The Labute approximate surface area is 94.3 Å². The summed E-state index contributed by atoms with van der Waals surface area (Å²) in [6.45, 7) is 0.581. The largest absolute Gasteiger partial charge is 0.324 e. The van der Waals surface area contributed by atoms with Crippen molar-refractivity contribution in [3.8, 4) is 0 Å². The summed E-state index contributed by atoms with van der Waals surface area (Å²) in [4.78, 5) is 13.4. The minimum Gasteiger partial charge on any atom is -0.324 e. The summed E-state index contributed by atoms with van der Waals surface area (Å²) >= 11 is 1.61. The van der Waals surface area contributed by atoms with Crippen molar-refractivity contribution in [1.82, 2.24) is 4.90 Å². The van der Waals surface area contributed by atoms with E-state index in [9.17, 15) is 13.2 Å². The molecule has 1 aliphatic carbocycles. The summed E-state index contributed by atoms with van der Waals surface area (Å²) < 4.78 is 23.1. The number of hydrogen-bond donors (Lipinski definition) is 0. The Morgan fingerprint density at radius 3 is 2.60 bits per heavy atom. The molecule has 0 bridgehead atoms. The third-order valence-electron chi connectivity index (χ3n) is 2.79. The van der Waals surface area contributed by atoms with Crippen LogP contribution in [-0.2, 0) is 14.6 Å². The van der Waals surface area contributed by atoms with Crippen LogP contribution in [0, 0.1) is 5.92 Å². The van der Waals surface area contributed by atoms with Crippen molar-refractivity contribution >= 4 is 27.5 Å². The lowest BCUT2D eigenvalue weighted by Gasteiger charge is -2.34. The second-order valence-corrected chi connectivity index (χ2v) is 7.52. The van der Waals surface area contributed by atoms with Gasteiger partial charge in [-0.05, 0) is 12.8 Å². The summed E-state index contributed by atoms with van der Waals surface area (Å²) in [5.74, 6) is 1.53. The molecule has 2 rings (SSSR count). The molecular weight excluding hydrogens is 234 g/mol. The Bertz CT molecular complexity index is 362. The monoisotopic (exact) mass is 249 g/mol. The number of amides is 1. The average molecular weight is 249 g/mol. The zero-order valence-electron chi connectivity index (χ0n) is 8.68. The van der Waals surface area contributed by atoms with Gasteiger partial charge in [-0.1, -0.05) is 0 Å². The van der Waals surface area contributed by atoms with Gasteiger partial charge in [0.15, 0.2) is 9.84 Å². The maximum atomic E-state index is 11.9. The van der Waals surface area contributed by atoms with Crippen LogP contribution in [0.25, 0.3) is 0 Å². The normalized spacial score (nSPS) is 27.8. The molecule has 2 fully saturated rings. The standard InChI is InChI=1S/C9H15NO3S2/c1-15(12,13)8-6-14-5-4-10(8)9(11)7-2-3-7/h7-8H,2-6H2,1H3. The maximum Gasteiger partial charge on any atom is 0.226 e. The third-order valence-corrected chi connectivity index (χ3v) is 5.43. The number of carbonyl (C=O) groups is 1. The highest BCUT2D eigenvalue weighted by molar-refractivity contribution is 8.00. The first-order chi connectivity index (χ1) is 7.00. The summed E-state index contributed by atoms with van der Waals surface area (Å²) in [7, 11) is -3.14. The first kappa shape index (κ1) is 11.3. The first-order valence-electron chi connectivity index (χ1n) is 5.07. The minimum absolute atomic E-state index is 0.0470. The quantitative estimate of drug-likeness (QED) is 0.708. The summed E-state index contributed by atoms with van der Waals surface area (Å²) in [6, 6.07) is 0. The molecular formula is C9H15NO3S2. The number of carbonyl (C=O) groups excluding carboxylic acids is 1. The van der Waals surface area contributed by atoms with Gasteiger partial charge in [0.1, 0.15) is 5.37 Å². The van der Waals surface area contributed by atoms with Crippen LogP contribution in [0.1, 0.15) is 12.8 Å². The van der Waals surface area contributed by atoms with Gasteiger partial charge in [-0.15, -0.1) is 0 Å². The van der Waals surface area contributed by atoms with E-state index in [2.05, 4.69) is 0 Å². The van der Waals surface area contributed by atoms with Crippen LogP contribution in [0.2, 0.25) is 0 Å². The summed E-state index contributed by atoms with van der Waals surface area (Å²) in [5.41, 5.74) is 0. The molecule has 0 aromatic rings. The average Bonchev–Trinajstić information content (AvgIpc) is 2.98. The van der Waals surface area contributed by atoms with E-state index in [1.54, 1.807) is 16.7 Å². The highest BCUT2D eigenvalue weighted by Gasteiger charge is 2.40. The lowest BCUT2D eigenvalue weighted by Crippen LogP contribution is -2.50. The number of nitrogens with zero attached hydrogens (tertiary/aromatic N) is 1. The van der Waals surface area contributed by atoms with Gasteiger partial charge in [-0.2, -0.15) is 11.8 Å². The molecule has 1 aliphatic heterocycles. The van der Waals surface area contributed by atoms with Gasteiger partial charge in [0.25, 0.3) is 0 Å². The highest BCUT2D eigenvalue weighted by Crippen LogP contribution is 2.33. The molecule has 2 aliphatic rings. The maximum absolute atomic E-state index is 11.9. The molecule has 0 aromatic carbocycles. The fourth-order valence-corrected chi connectivity index (χ4v) is 4.58. The molecule has 1 saturated heterocycles. The van der Waals surface area contributed by atoms with Crippen molar-refractivity contribution in [2.45, 2.75) is 18.2 Å². The molecule has 0 aromatic heterocycles. The van der Waals surface area contributed by atoms with E-state index in [-0.39, 0.29) is 11.8 Å². The van der Waals surface area contributed by atoms with Gasteiger partial charge in [-0.25, -0.2) is 8.42 Å². The molecule has 1 heterocycles. The van der Waals surface area contributed by atoms with Crippen LogP contribution in [0.15, 0.2) is 0 Å². The Morgan fingerprint density at radius 1 is 1.40 bits per heavy atom. The summed E-state index contributed by atoms with van der Waals surface area (Å²) in [5, 5.41) is -0.593. The topological polar surface area (TPSA) is 54.5 Å². The van der Waals surface area contributed by atoms with E-state index in [1.807, 2.05) is 0 Å². The van der Waals surface area contributed by atoms with Crippen LogP contribution in [0.5, 0.6) is 0 Å². The van der Waals surface area contributed by atoms with Crippen LogP contribution in [0.3, 0.4) is 0 Å². The van der Waals surface area contributed by atoms with Crippen molar-refractivity contribution in [2.24, 2.45) is 5.92 Å². The summed E-state index contributed by atoms with van der Waals surface area (Å²) in [6.07, 6.45) is 3.08. The van der Waals surface area contributed by atoms with Crippen LogP contribution >= 0.6 is 11.8 Å². The van der Waals surface area contributed by atoms with E-state index in [0.29, 0.717) is 12.3 Å². The van der Waals surface area contributed by atoms with E-state index in [1.165, 1.54) is 6.26 Å². The van der Waals surface area contributed by atoms with E-state index < -0.39 is 15.2 Å². The fraction of sp³-hybridized carbons (Fsp3) is 0.889. The van der Waals surface area contributed by atoms with Crippen molar-refractivity contribution in [1.29, 1.82) is 0 Å². The van der Waals surface area contributed by atoms with Gasteiger partial charge in [0.2, 0.25) is 5.91 Å². The third kappa shape index (κ3) is 2.47. The van der Waals surface area contributed by atoms with Gasteiger partial charge in [0.05, 0.1) is 0 Å². The van der Waals surface area contributed by atoms with Gasteiger partial charge in [-0.3, -0.25) is 4.79 Å². The zero-order valence-corrected chi connectivity index (χ0v) is 10.3. The number of hydrogen-bond acceptors (Lipinski definition) is 4. The molecule has 1 atom stereocenters. The Hall–Kier alpha value is -0.230. The molecule has 4 nitrogen and oxygen atoms in total. The predicted octanol–water partition coefficient (Wildman–Crippen LogP) is 0.343. The number of thioether (sulfide) groups is 1. The van der Waals surface area contributed by atoms with Crippen molar-refractivity contribution < 1.29 is 13.2 Å². The van der Waals surface area contributed by atoms with E-state index in [0.717, 1.165) is 18.6 Å². The Morgan fingerprint density at radius 2 is 2.07 bits per heavy atom. The fourth-order valence-electron chi connectivity index (χ4n) is 1.75. The van der Waals surface area contributed by atoms with Crippen molar-refractivity contribution in [3.05, 3.63) is 0 Å². The molecule has 86 valence electrons. The molecule has 1 saturated carbocycles. The molecule has 1 amide bonds. The number of sulfone groups is 1. The first-order valence-corrected chi connectivity index (χ1v) is 8.18. The second kappa shape index (κ2) is 3.97. The Balaban J connectivity index is 2.15. The van der Waals surface area contributed by atoms with Gasteiger partial charge >= 0.3 is 0 Å². The highest BCUT2D eigenvalue weighted by atomic mass is 32.2. The Kier molecular flexibility index (Phi) is 2.98. The molecule has 1 unspecified atom stereocenters. The number of rotatable bonds is 2. The van der Waals surface area contributed by atoms with Crippen LogP contribution in [0.4, 0.5) is 0 Å². The second-order valence-electron chi connectivity index (χ2n) is 4.16. The lowest BCUT2D eigenvalue weighted by atomic mass is 10.3. The van der Waals surface area contributed by atoms with Crippen molar-refractivity contribution in [2.75, 3.05) is 24.3 Å². The molecule has 6 heteroatoms. The van der Waals surface area contributed by atoms with E-state index in [4.69, 9.17) is 0 Å². The molecule has 0 radical (unpaired) electrons. The lowest BCUT2D eigenvalue weighted by molar-refractivity contribution is -0.132. The zero-order chi connectivity index (χ0) is 11.1. The van der Waals surface area contributed by atoms with Crippen molar-refractivity contribution in [3.63, 3.8) is 0 Å². The minimum atomic E-state index is -3.14. The molecule has 15 heavy (non-hydrogen) atoms. The smallest absolute Gasteiger partial charge is 0.226 e. The van der Waals surface area contributed by atoms with Gasteiger partial charge < -0.3 is 4.90 Å². The van der Waals surface area contributed by atoms with Gasteiger partial charge in [0, 0.05) is 30.2 Å². The molecule has 0 spiro atoms. The molecule has 0 N–H and O–H groups in total. The van der Waals surface area contributed by atoms with Crippen LogP contribution in [-0.4, -0.2) is 48.9 Å². The van der Waals surface area contributed by atoms with Crippen LogP contribution < -0.4 is 0 Å².